The van der Waals surface area contributed by atoms with Gasteiger partial charge in [-0.3, -0.25) is 4.90 Å². The standard InChI is InChI=1S/C7H16NP/c1-6-4-5-7(9-3)8(6)2/h6-7,9H,4-5H2,1-3H3. The minimum Gasteiger partial charge on any atom is -0.297 e. The number of hydrogen-bond donors (Lipinski definition) is 0. The van der Waals surface area contributed by atoms with E-state index in [-0.39, 0.29) is 0 Å². The van der Waals surface area contributed by atoms with Crippen LogP contribution in [0.3, 0.4) is 0 Å². The molecule has 1 nitrogen and oxygen atoms in total. The molecule has 0 N–H and O–H groups in total. The summed E-state index contributed by atoms with van der Waals surface area (Å²) in [5, 5.41) is 0. The number of rotatable bonds is 1. The minimum atomic E-state index is 0.836. The third kappa shape index (κ3) is 1.45. The zero-order chi connectivity index (χ0) is 6.85. The van der Waals surface area contributed by atoms with Crippen LogP contribution >= 0.6 is 8.58 Å². The molecule has 1 rings (SSSR count). The van der Waals surface area contributed by atoms with Gasteiger partial charge in [0.15, 0.2) is 0 Å². The van der Waals surface area contributed by atoms with Gasteiger partial charge >= 0.3 is 0 Å². The maximum Gasteiger partial charge on any atom is 0.0265 e. The normalized spacial score (nSPS) is 39.0. The van der Waals surface area contributed by atoms with Gasteiger partial charge in [-0.2, -0.15) is 0 Å². The number of likely N-dealkylation sites (tertiary alicyclic amines) is 1. The van der Waals surface area contributed by atoms with Gasteiger partial charge in [0.1, 0.15) is 0 Å². The third-order valence-electron chi connectivity index (χ3n) is 2.38. The molecule has 0 aliphatic carbocycles. The van der Waals surface area contributed by atoms with Crippen molar-refractivity contribution in [1.82, 2.24) is 4.90 Å². The summed E-state index contributed by atoms with van der Waals surface area (Å²) in [6.07, 6.45) is 2.83. The fourth-order valence-corrected chi connectivity index (χ4v) is 2.58. The van der Waals surface area contributed by atoms with E-state index >= 15 is 0 Å². The molecule has 0 aromatic rings. The average molecular weight is 145 g/mol. The van der Waals surface area contributed by atoms with E-state index in [4.69, 9.17) is 0 Å². The van der Waals surface area contributed by atoms with Crippen molar-refractivity contribution in [3.8, 4) is 0 Å². The molecule has 54 valence electrons. The van der Waals surface area contributed by atoms with Crippen molar-refractivity contribution in [3.05, 3.63) is 0 Å². The lowest BCUT2D eigenvalue weighted by Crippen LogP contribution is -2.26. The first-order valence-electron chi connectivity index (χ1n) is 3.65. The van der Waals surface area contributed by atoms with Crippen LogP contribution in [-0.2, 0) is 0 Å². The smallest absolute Gasteiger partial charge is 0.0265 e. The molecule has 0 radical (unpaired) electrons. The average Bonchev–Trinajstić information content (AvgIpc) is 2.15. The van der Waals surface area contributed by atoms with Crippen LogP contribution in [-0.4, -0.2) is 30.4 Å². The van der Waals surface area contributed by atoms with Crippen LogP contribution in [0, 0.1) is 0 Å². The van der Waals surface area contributed by atoms with Gasteiger partial charge in [-0.05, 0) is 33.5 Å². The molecule has 1 saturated heterocycles. The molecule has 1 aliphatic rings. The minimum absolute atomic E-state index is 0.836. The Kier molecular flexibility index (Phi) is 2.49. The van der Waals surface area contributed by atoms with E-state index < -0.39 is 0 Å². The van der Waals surface area contributed by atoms with Crippen LogP contribution in [0.4, 0.5) is 0 Å². The molecule has 0 aromatic heterocycles. The molecule has 0 amide bonds. The predicted octanol–water partition coefficient (Wildman–Crippen LogP) is 1.73. The van der Waals surface area contributed by atoms with Gasteiger partial charge in [-0.1, -0.05) is 0 Å². The Morgan fingerprint density at radius 2 is 2.11 bits per heavy atom. The lowest BCUT2D eigenvalue weighted by molar-refractivity contribution is 0.310. The van der Waals surface area contributed by atoms with Gasteiger partial charge in [0, 0.05) is 11.8 Å². The van der Waals surface area contributed by atoms with Crippen molar-refractivity contribution < 1.29 is 0 Å². The molecule has 0 saturated carbocycles. The van der Waals surface area contributed by atoms with Crippen molar-refractivity contribution in [2.75, 3.05) is 13.7 Å². The zero-order valence-corrected chi connectivity index (χ0v) is 7.52. The summed E-state index contributed by atoms with van der Waals surface area (Å²) in [7, 11) is 3.35. The molecule has 3 unspecified atom stereocenters. The molecule has 1 aliphatic heterocycles. The Balaban J connectivity index is 2.41. The summed E-state index contributed by atoms with van der Waals surface area (Å²) < 4.78 is 0. The topological polar surface area (TPSA) is 3.24 Å². The molecular weight excluding hydrogens is 129 g/mol. The molecule has 3 atom stereocenters. The van der Waals surface area contributed by atoms with Gasteiger partial charge in [0.05, 0.1) is 0 Å². The van der Waals surface area contributed by atoms with Gasteiger partial charge < -0.3 is 0 Å². The van der Waals surface area contributed by atoms with Crippen molar-refractivity contribution in [1.29, 1.82) is 0 Å². The Morgan fingerprint density at radius 3 is 2.33 bits per heavy atom. The fraction of sp³-hybridized carbons (Fsp3) is 1.00. The first-order valence-corrected chi connectivity index (χ1v) is 5.22. The second-order valence-electron chi connectivity index (χ2n) is 2.90. The van der Waals surface area contributed by atoms with Crippen molar-refractivity contribution in [2.45, 2.75) is 31.6 Å². The SMILES string of the molecule is CPC1CCC(C)N1C. The molecule has 0 aromatic carbocycles. The highest BCUT2D eigenvalue weighted by Crippen LogP contribution is 2.31. The molecule has 1 fully saturated rings. The summed E-state index contributed by atoms with van der Waals surface area (Å²) in [6, 6.07) is 0.836. The Hall–Kier alpha value is 0.390. The maximum absolute atomic E-state index is 2.51. The van der Waals surface area contributed by atoms with Crippen molar-refractivity contribution >= 4 is 8.58 Å². The summed E-state index contributed by atoms with van der Waals surface area (Å²) in [6.45, 7) is 4.62. The van der Waals surface area contributed by atoms with E-state index in [9.17, 15) is 0 Å². The summed E-state index contributed by atoms with van der Waals surface area (Å²) in [5.74, 6) is 0.903. The highest BCUT2D eigenvalue weighted by molar-refractivity contribution is 7.37. The molecule has 0 spiro atoms. The van der Waals surface area contributed by atoms with E-state index in [2.05, 4.69) is 25.5 Å². The highest BCUT2D eigenvalue weighted by Gasteiger charge is 2.24. The van der Waals surface area contributed by atoms with Crippen LogP contribution < -0.4 is 0 Å². The molecule has 0 bridgehead atoms. The Bertz CT molecular complexity index is 94.9. The van der Waals surface area contributed by atoms with E-state index in [0.717, 1.165) is 20.4 Å². The summed E-state index contributed by atoms with van der Waals surface area (Å²) in [4.78, 5) is 2.51. The maximum atomic E-state index is 2.51. The van der Waals surface area contributed by atoms with Crippen LogP contribution in [0.1, 0.15) is 19.8 Å². The molecule has 1 heterocycles. The highest BCUT2D eigenvalue weighted by atomic mass is 31.1. The lowest BCUT2D eigenvalue weighted by atomic mass is 10.2. The van der Waals surface area contributed by atoms with Crippen molar-refractivity contribution in [3.63, 3.8) is 0 Å². The van der Waals surface area contributed by atoms with Gasteiger partial charge in [-0.15, -0.1) is 8.58 Å². The zero-order valence-electron chi connectivity index (χ0n) is 6.52. The van der Waals surface area contributed by atoms with Gasteiger partial charge in [0.2, 0.25) is 0 Å². The number of hydrogen-bond acceptors (Lipinski definition) is 1. The second-order valence-corrected chi connectivity index (χ2v) is 4.14. The fourth-order valence-electron chi connectivity index (χ4n) is 1.46. The Labute approximate surface area is 59.6 Å². The second kappa shape index (κ2) is 2.98. The van der Waals surface area contributed by atoms with Crippen LogP contribution in [0.25, 0.3) is 0 Å². The summed E-state index contributed by atoms with van der Waals surface area (Å²) in [5.41, 5.74) is 0. The van der Waals surface area contributed by atoms with Crippen LogP contribution in [0.5, 0.6) is 0 Å². The Morgan fingerprint density at radius 1 is 1.44 bits per heavy atom. The predicted molar refractivity (Wildman–Crippen MR) is 44.5 cm³/mol. The third-order valence-corrected chi connectivity index (χ3v) is 3.74. The van der Waals surface area contributed by atoms with E-state index in [1.54, 1.807) is 0 Å². The van der Waals surface area contributed by atoms with Gasteiger partial charge in [-0.25, -0.2) is 0 Å². The van der Waals surface area contributed by atoms with E-state index in [1.165, 1.54) is 12.8 Å². The monoisotopic (exact) mass is 145 g/mol. The molecular formula is C7H16NP. The van der Waals surface area contributed by atoms with Gasteiger partial charge in [0.25, 0.3) is 0 Å². The van der Waals surface area contributed by atoms with Crippen LogP contribution in [0.2, 0.25) is 0 Å². The largest absolute Gasteiger partial charge is 0.297 e. The first-order chi connectivity index (χ1) is 4.25. The van der Waals surface area contributed by atoms with Crippen molar-refractivity contribution in [2.24, 2.45) is 0 Å². The molecule has 9 heavy (non-hydrogen) atoms. The summed E-state index contributed by atoms with van der Waals surface area (Å²) >= 11 is 0. The molecule has 2 heteroatoms. The number of nitrogens with zero attached hydrogens (tertiary/aromatic N) is 1. The van der Waals surface area contributed by atoms with Crippen LogP contribution in [0.15, 0.2) is 0 Å². The first kappa shape index (κ1) is 7.50. The lowest BCUT2D eigenvalue weighted by Gasteiger charge is -2.21. The van der Waals surface area contributed by atoms with E-state index in [1.807, 2.05) is 0 Å². The quantitative estimate of drug-likeness (QED) is 0.508. The van der Waals surface area contributed by atoms with E-state index in [0.29, 0.717) is 0 Å².